The number of amides is 1. The molecule has 0 radical (unpaired) electrons. The van der Waals surface area contributed by atoms with Gasteiger partial charge in [-0.25, -0.2) is 0 Å². The highest BCUT2D eigenvalue weighted by molar-refractivity contribution is 5.98. The molecule has 146 valence electrons. The van der Waals surface area contributed by atoms with Gasteiger partial charge in [-0.2, -0.15) is 0 Å². The van der Waals surface area contributed by atoms with Gasteiger partial charge in [0.2, 0.25) is 5.91 Å². The minimum Gasteiger partial charge on any atom is -0.458 e. The van der Waals surface area contributed by atoms with Gasteiger partial charge < -0.3 is 10.1 Å². The summed E-state index contributed by atoms with van der Waals surface area (Å²) in [4.78, 5) is 35.3. The van der Waals surface area contributed by atoms with E-state index in [1.54, 1.807) is 0 Å². The average molecular weight is 371 g/mol. The summed E-state index contributed by atoms with van der Waals surface area (Å²) >= 11 is 0. The van der Waals surface area contributed by atoms with Crippen molar-refractivity contribution in [3.63, 3.8) is 0 Å². The number of rotatable bonds is 6. The second-order valence-corrected chi connectivity index (χ2v) is 8.08. The van der Waals surface area contributed by atoms with Crippen LogP contribution >= 0.6 is 0 Å². The molecule has 1 saturated heterocycles. The highest BCUT2D eigenvalue weighted by Gasteiger charge is 2.47. The molecule has 2 atom stereocenters. The predicted octanol–water partition coefficient (Wildman–Crippen LogP) is 3.65. The smallest absolute Gasteiger partial charge is 0.313 e. The summed E-state index contributed by atoms with van der Waals surface area (Å²) in [5, 5.41) is 2.88. The van der Waals surface area contributed by atoms with Gasteiger partial charge in [0, 0.05) is 13.3 Å². The maximum atomic E-state index is 12.1. The first-order valence-electron chi connectivity index (χ1n) is 9.97. The largest absolute Gasteiger partial charge is 0.458 e. The number of nitrogens with one attached hydrogen (secondary N) is 1. The molecule has 0 aromatic heterocycles. The first-order chi connectivity index (χ1) is 12.9. The zero-order chi connectivity index (χ0) is 19.4. The molecule has 1 aromatic carbocycles. The summed E-state index contributed by atoms with van der Waals surface area (Å²) in [5.74, 6) is -0.103. The lowest BCUT2D eigenvalue weighted by Crippen LogP contribution is -2.48. The van der Waals surface area contributed by atoms with E-state index in [0.29, 0.717) is 18.8 Å². The van der Waals surface area contributed by atoms with Gasteiger partial charge in [-0.05, 0) is 49.7 Å². The molecule has 0 bridgehead atoms. The molecule has 1 aliphatic heterocycles. The number of esters is 1. The van der Waals surface area contributed by atoms with E-state index < -0.39 is 5.60 Å². The number of benzene rings is 1. The Morgan fingerprint density at radius 3 is 2.48 bits per heavy atom. The van der Waals surface area contributed by atoms with Crippen LogP contribution in [0.2, 0.25) is 0 Å². The molecule has 27 heavy (non-hydrogen) atoms. The fourth-order valence-corrected chi connectivity index (χ4v) is 4.60. The van der Waals surface area contributed by atoms with Crippen molar-refractivity contribution in [3.8, 4) is 0 Å². The standard InChI is InChI=1S/C22H29NO4/c1-15(23-16(2)24)18-9-7-17(8-10-18)11-12-22(19-5-3-4-6-19)14-20(25)13-21(26)27-22/h7-10,15,19H,3-6,11-14H2,1-2H3,(H,23,24)/t15-,22?/m1/s1. The summed E-state index contributed by atoms with van der Waals surface area (Å²) in [7, 11) is 0. The summed E-state index contributed by atoms with van der Waals surface area (Å²) in [5.41, 5.74) is 1.59. The molecule has 1 aliphatic carbocycles. The van der Waals surface area contributed by atoms with Crippen LogP contribution in [-0.2, 0) is 25.5 Å². The third-order valence-electron chi connectivity index (χ3n) is 5.99. The molecule has 0 spiro atoms. The zero-order valence-corrected chi connectivity index (χ0v) is 16.3. The third-order valence-corrected chi connectivity index (χ3v) is 5.99. The number of ketones is 1. The second kappa shape index (κ2) is 8.24. The second-order valence-electron chi connectivity index (χ2n) is 8.08. The van der Waals surface area contributed by atoms with E-state index >= 15 is 0 Å². The lowest BCUT2D eigenvalue weighted by atomic mass is 9.76. The number of ether oxygens (including phenoxy) is 1. The molecule has 1 heterocycles. The van der Waals surface area contributed by atoms with Crippen LogP contribution < -0.4 is 5.32 Å². The Labute approximate surface area is 160 Å². The van der Waals surface area contributed by atoms with Crippen LogP contribution in [0, 0.1) is 5.92 Å². The SMILES string of the molecule is CC(=O)N[C@H](C)c1ccc(CCC2(C3CCCC3)CC(=O)CC(=O)O2)cc1. The first-order valence-corrected chi connectivity index (χ1v) is 9.97. The van der Waals surface area contributed by atoms with Crippen molar-refractivity contribution in [2.45, 2.75) is 76.9 Å². The lowest BCUT2D eigenvalue weighted by molar-refractivity contribution is -0.178. The van der Waals surface area contributed by atoms with Gasteiger partial charge in [0.15, 0.2) is 0 Å². The van der Waals surface area contributed by atoms with Gasteiger partial charge in [-0.15, -0.1) is 0 Å². The van der Waals surface area contributed by atoms with Crippen LogP contribution in [-0.4, -0.2) is 23.3 Å². The molecule has 1 N–H and O–H groups in total. The average Bonchev–Trinajstić information content (AvgIpc) is 3.14. The van der Waals surface area contributed by atoms with E-state index in [1.807, 2.05) is 19.1 Å². The van der Waals surface area contributed by atoms with E-state index in [9.17, 15) is 14.4 Å². The predicted molar refractivity (Wildman–Crippen MR) is 102 cm³/mol. The Morgan fingerprint density at radius 2 is 1.89 bits per heavy atom. The minimum absolute atomic E-state index is 0.0117. The van der Waals surface area contributed by atoms with Gasteiger partial charge in [0.05, 0.1) is 6.04 Å². The molecule has 1 unspecified atom stereocenters. The number of Topliss-reactive ketones (excluding diaryl/α,β-unsaturated/α-hetero) is 1. The van der Waals surface area contributed by atoms with Crippen LogP contribution in [0.15, 0.2) is 24.3 Å². The highest BCUT2D eigenvalue weighted by Crippen LogP contribution is 2.43. The number of hydrogen-bond acceptors (Lipinski definition) is 4. The monoisotopic (exact) mass is 371 g/mol. The Bertz CT molecular complexity index is 688. The Balaban J connectivity index is 1.69. The molecule has 2 fully saturated rings. The number of cyclic esters (lactones) is 1. The van der Waals surface area contributed by atoms with E-state index in [2.05, 4.69) is 17.4 Å². The van der Waals surface area contributed by atoms with Gasteiger partial charge >= 0.3 is 5.97 Å². The number of hydrogen-bond donors (Lipinski definition) is 1. The molecule has 1 amide bonds. The van der Waals surface area contributed by atoms with Crippen molar-refractivity contribution in [3.05, 3.63) is 35.4 Å². The van der Waals surface area contributed by atoms with E-state index in [4.69, 9.17) is 4.74 Å². The quantitative estimate of drug-likeness (QED) is 0.612. The van der Waals surface area contributed by atoms with E-state index in [-0.39, 0.29) is 30.1 Å². The van der Waals surface area contributed by atoms with Crippen molar-refractivity contribution in [2.75, 3.05) is 0 Å². The Hall–Kier alpha value is -2.17. The van der Waals surface area contributed by atoms with Gasteiger partial charge in [-0.3, -0.25) is 14.4 Å². The maximum Gasteiger partial charge on any atom is 0.313 e. The number of carbonyl (C=O) groups is 3. The van der Waals surface area contributed by atoms with Crippen molar-refractivity contribution >= 4 is 17.7 Å². The van der Waals surface area contributed by atoms with Gasteiger partial charge in [-0.1, -0.05) is 37.1 Å². The van der Waals surface area contributed by atoms with Gasteiger partial charge in [0.25, 0.3) is 0 Å². The summed E-state index contributed by atoms with van der Waals surface area (Å²) < 4.78 is 5.85. The van der Waals surface area contributed by atoms with Crippen LogP contribution in [0.1, 0.15) is 76.0 Å². The Morgan fingerprint density at radius 1 is 1.22 bits per heavy atom. The molecule has 1 saturated carbocycles. The summed E-state index contributed by atoms with van der Waals surface area (Å²) in [6.07, 6.45) is 6.11. The fraction of sp³-hybridized carbons (Fsp3) is 0.591. The van der Waals surface area contributed by atoms with Crippen LogP contribution in [0.4, 0.5) is 0 Å². The minimum atomic E-state index is -0.620. The van der Waals surface area contributed by atoms with E-state index in [1.165, 1.54) is 6.92 Å². The normalized spacial score (nSPS) is 24.5. The van der Waals surface area contributed by atoms with Crippen molar-refractivity contribution in [1.82, 2.24) is 5.32 Å². The molecule has 2 aliphatic rings. The van der Waals surface area contributed by atoms with Crippen LogP contribution in [0.3, 0.4) is 0 Å². The highest BCUT2D eigenvalue weighted by atomic mass is 16.6. The summed E-state index contributed by atoms with van der Waals surface area (Å²) in [6.45, 7) is 3.47. The maximum absolute atomic E-state index is 12.1. The van der Waals surface area contributed by atoms with Gasteiger partial charge in [0.1, 0.15) is 17.8 Å². The summed E-state index contributed by atoms with van der Waals surface area (Å²) in [6, 6.07) is 8.13. The fourth-order valence-electron chi connectivity index (χ4n) is 4.60. The van der Waals surface area contributed by atoms with Crippen molar-refractivity contribution < 1.29 is 19.1 Å². The molecule has 5 nitrogen and oxygen atoms in total. The molecular formula is C22H29NO4. The first kappa shape index (κ1) is 19.6. The third kappa shape index (κ3) is 4.76. The zero-order valence-electron chi connectivity index (χ0n) is 16.3. The van der Waals surface area contributed by atoms with Crippen LogP contribution in [0.5, 0.6) is 0 Å². The molecule has 5 heteroatoms. The molecule has 3 rings (SSSR count). The Kier molecular flexibility index (Phi) is 5.98. The lowest BCUT2D eigenvalue weighted by Gasteiger charge is -2.41. The topological polar surface area (TPSA) is 72.5 Å². The number of aryl methyl sites for hydroxylation is 1. The van der Waals surface area contributed by atoms with E-state index in [0.717, 1.165) is 43.2 Å². The van der Waals surface area contributed by atoms with Crippen LogP contribution in [0.25, 0.3) is 0 Å². The molecule has 1 aromatic rings. The molecular weight excluding hydrogens is 342 g/mol. The van der Waals surface area contributed by atoms with Crippen molar-refractivity contribution in [1.29, 1.82) is 0 Å². The number of carbonyl (C=O) groups excluding carboxylic acids is 3. The van der Waals surface area contributed by atoms with Crippen molar-refractivity contribution in [2.24, 2.45) is 5.92 Å².